The Kier molecular flexibility index (Phi) is 42.4. The second-order valence-electron chi connectivity index (χ2n) is 17.6. The smallest absolute Gasteiger partial charge is 0.326 e. The number of hydrogen-bond acceptors (Lipinski definition) is 14. The zero-order valence-electron chi connectivity index (χ0n) is 41.9. The predicted molar refractivity (Wildman–Crippen MR) is 259 cm³/mol. The highest BCUT2D eigenvalue weighted by Crippen LogP contribution is 2.15. The second-order valence-corrected chi connectivity index (χ2v) is 17.6. The first-order chi connectivity index (χ1) is 33.2. The van der Waals surface area contributed by atoms with Crippen LogP contribution < -0.4 is 27.0 Å². The number of carboxylic acid groups (broad SMARTS) is 2. The zero-order chi connectivity index (χ0) is 51.3. The van der Waals surface area contributed by atoms with Crippen LogP contribution in [-0.4, -0.2) is 153 Å². The van der Waals surface area contributed by atoms with Crippen molar-refractivity contribution in [2.24, 2.45) is 11.7 Å². The molecule has 0 heterocycles. The number of Topliss-reactive ketones (excluding diaryl/α,β-unsaturated/α-hetero) is 2. The maximum Gasteiger partial charge on any atom is 0.326 e. The van der Waals surface area contributed by atoms with Crippen LogP contribution in [0.15, 0.2) is 0 Å². The topological polar surface area (TPSA) is 308 Å². The molecule has 4 atom stereocenters. The number of carboxylic acids is 2. The number of primary amides is 1. The molecule has 0 aliphatic heterocycles. The Labute approximate surface area is 410 Å². The van der Waals surface area contributed by atoms with Crippen LogP contribution in [-0.2, 0) is 57.3 Å². The minimum atomic E-state index is -1.16. The largest absolute Gasteiger partial charge is 0.481 e. The minimum absolute atomic E-state index is 0.0257. The molecule has 0 rings (SSSR count). The Hall–Kier alpha value is -4.08. The summed E-state index contributed by atoms with van der Waals surface area (Å²) in [6.45, 7) is 5.04. The number of carbonyl (C=O) groups is 8. The van der Waals surface area contributed by atoms with Gasteiger partial charge in [0.15, 0.2) is 0 Å². The Morgan fingerprint density at radius 1 is 0.536 bits per heavy atom. The Morgan fingerprint density at radius 2 is 1.04 bits per heavy atom. The van der Waals surface area contributed by atoms with Crippen molar-refractivity contribution in [3.05, 3.63) is 0 Å². The van der Waals surface area contributed by atoms with E-state index in [-0.39, 0.29) is 127 Å². The molecule has 0 aromatic carbocycles. The number of carbonyl (C=O) groups excluding carboxylic acids is 6. The van der Waals surface area contributed by atoms with E-state index >= 15 is 0 Å². The van der Waals surface area contributed by atoms with Crippen LogP contribution in [0, 0.1) is 5.92 Å². The van der Waals surface area contributed by atoms with E-state index in [0.29, 0.717) is 45.3 Å². The van der Waals surface area contributed by atoms with Gasteiger partial charge in [0.1, 0.15) is 36.9 Å². The van der Waals surface area contributed by atoms with E-state index in [0.717, 1.165) is 44.9 Å². The van der Waals surface area contributed by atoms with Gasteiger partial charge in [-0.05, 0) is 51.9 Å². The Balaban J connectivity index is 3.73. The van der Waals surface area contributed by atoms with Gasteiger partial charge in [0.2, 0.25) is 23.6 Å². The van der Waals surface area contributed by atoms with E-state index in [9.17, 15) is 48.6 Å². The van der Waals surface area contributed by atoms with Gasteiger partial charge in [0.25, 0.3) is 0 Å². The number of aliphatic hydroxyl groups excluding tert-OH is 1. The van der Waals surface area contributed by atoms with E-state index in [2.05, 4.69) is 21.3 Å². The van der Waals surface area contributed by atoms with Gasteiger partial charge >= 0.3 is 11.9 Å². The fourth-order valence-electron chi connectivity index (χ4n) is 7.34. The van der Waals surface area contributed by atoms with Gasteiger partial charge in [-0.3, -0.25) is 38.9 Å². The van der Waals surface area contributed by atoms with E-state index < -0.39 is 36.0 Å². The fourth-order valence-corrected chi connectivity index (χ4v) is 7.34. The fraction of sp³-hybridized carbons (Fsp3) is 0.837. The SMILES string of the molecule is CC[C@@H](CCCCNC(=O)COCCOCCNC(=O)COCCOCCCC(=O)CC[C@H](NC(=O)CCCCCCCCCCCCCCCCC(=O)O)C(=O)O)C(=O)CN[C@H](C(N)=O)C(C)O. The van der Waals surface area contributed by atoms with Crippen LogP contribution in [0.25, 0.3) is 0 Å². The highest BCUT2D eigenvalue weighted by atomic mass is 16.5. The molecule has 0 aromatic rings. The third-order valence-electron chi connectivity index (χ3n) is 11.4. The number of amides is 4. The molecule has 0 aliphatic rings. The molecule has 20 nitrogen and oxygen atoms in total. The number of hydrogen-bond donors (Lipinski definition) is 8. The van der Waals surface area contributed by atoms with Gasteiger partial charge in [0, 0.05) is 51.3 Å². The van der Waals surface area contributed by atoms with Crippen LogP contribution in [0.2, 0.25) is 0 Å². The molecule has 0 saturated heterocycles. The molecule has 0 bridgehead atoms. The molecule has 1 unspecified atom stereocenters. The average molecular weight is 988 g/mol. The van der Waals surface area contributed by atoms with Crippen molar-refractivity contribution < 1.29 is 72.6 Å². The molecular weight excluding hydrogens is 899 g/mol. The summed E-state index contributed by atoms with van der Waals surface area (Å²) in [7, 11) is 0. The summed E-state index contributed by atoms with van der Waals surface area (Å²) in [4.78, 5) is 94.9. The summed E-state index contributed by atoms with van der Waals surface area (Å²) < 4.78 is 21.5. The maximum absolute atomic E-state index is 12.5. The van der Waals surface area contributed by atoms with E-state index in [4.69, 9.17) is 29.8 Å². The molecular formula is C49H89N5O15. The molecule has 69 heavy (non-hydrogen) atoms. The lowest BCUT2D eigenvalue weighted by Gasteiger charge is -2.20. The molecule has 400 valence electrons. The zero-order valence-corrected chi connectivity index (χ0v) is 41.9. The number of ether oxygens (including phenoxy) is 4. The van der Waals surface area contributed by atoms with Gasteiger partial charge < -0.3 is 56.0 Å². The standard InChI is InChI=1S/C49H89N5O15/c1-3-39(42(57)35-53-47(38(2)55)48(50)63)21-18-19-27-51-44(59)36-69-34-32-67-30-28-52-45(60)37-68-33-31-66-29-20-22-40(56)25-26-41(49(64)65)54-43(58)23-16-14-12-10-8-6-4-5-7-9-11-13-15-17-24-46(61)62/h38-39,41,47,53,55H,3-37H2,1-2H3,(H2,50,63)(H,51,59)(H,52,60)(H,54,58)(H,61,62)(H,64,65)/t38?,39-,41-,47-/m0/s1. The van der Waals surface area contributed by atoms with E-state index in [1.807, 2.05) is 6.92 Å². The van der Waals surface area contributed by atoms with E-state index in [1.54, 1.807) is 0 Å². The van der Waals surface area contributed by atoms with Crippen LogP contribution >= 0.6 is 0 Å². The average Bonchev–Trinajstić information content (AvgIpc) is 3.29. The summed E-state index contributed by atoms with van der Waals surface area (Å²) in [6, 6.07) is -2.10. The highest BCUT2D eigenvalue weighted by Gasteiger charge is 2.24. The maximum atomic E-state index is 12.5. The first-order valence-corrected chi connectivity index (χ1v) is 25.5. The van der Waals surface area contributed by atoms with Crippen molar-refractivity contribution in [2.45, 2.75) is 186 Å². The van der Waals surface area contributed by atoms with Gasteiger partial charge in [-0.1, -0.05) is 90.4 Å². The number of aliphatic carboxylic acids is 2. The van der Waals surface area contributed by atoms with E-state index in [1.165, 1.54) is 51.9 Å². The lowest BCUT2D eigenvalue weighted by atomic mass is 9.94. The normalized spacial score (nSPS) is 13.0. The Bertz CT molecular complexity index is 1420. The summed E-state index contributed by atoms with van der Waals surface area (Å²) in [5, 5.41) is 38.6. The van der Waals surface area contributed by atoms with Crippen molar-refractivity contribution in [1.29, 1.82) is 0 Å². The van der Waals surface area contributed by atoms with Gasteiger partial charge in [0.05, 0.1) is 45.7 Å². The third-order valence-corrected chi connectivity index (χ3v) is 11.4. The molecule has 4 amide bonds. The summed E-state index contributed by atoms with van der Waals surface area (Å²) in [6.07, 6.45) is 17.9. The quantitative estimate of drug-likeness (QED) is 0.0401. The highest BCUT2D eigenvalue weighted by molar-refractivity contribution is 5.86. The van der Waals surface area contributed by atoms with Crippen molar-refractivity contribution in [3.63, 3.8) is 0 Å². The first-order valence-electron chi connectivity index (χ1n) is 25.5. The number of rotatable bonds is 51. The minimum Gasteiger partial charge on any atom is -0.481 e. The lowest BCUT2D eigenvalue weighted by Crippen LogP contribution is -2.50. The molecule has 9 N–H and O–H groups in total. The Morgan fingerprint density at radius 3 is 1.55 bits per heavy atom. The summed E-state index contributed by atoms with van der Waals surface area (Å²) in [5.74, 6) is -3.90. The molecule has 0 aromatic heterocycles. The van der Waals surface area contributed by atoms with Crippen LogP contribution in [0.1, 0.15) is 168 Å². The van der Waals surface area contributed by atoms with Crippen molar-refractivity contribution in [2.75, 3.05) is 72.5 Å². The van der Waals surface area contributed by atoms with Crippen molar-refractivity contribution in [3.8, 4) is 0 Å². The number of aliphatic hydroxyl groups is 1. The second kappa shape index (κ2) is 45.1. The molecule has 0 saturated carbocycles. The van der Waals surface area contributed by atoms with Crippen LogP contribution in [0.5, 0.6) is 0 Å². The van der Waals surface area contributed by atoms with Gasteiger partial charge in [-0.25, -0.2) is 4.79 Å². The number of unbranched alkanes of at least 4 members (excludes halogenated alkanes) is 14. The van der Waals surface area contributed by atoms with Crippen LogP contribution in [0.4, 0.5) is 0 Å². The summed E-state index contributed by atoms with van der Waals surface area (Å²) in [5.41, 5.74) is 5.25. The monoisotopic (exact) mass is 988 g/mol. The molecule has 0 spiro atoms. The van der Waals surface area contributed by atoms with Crippen molar-refractivity contribution >= 4 is 47.1 Å². The van der Waals surface area contributed by atoms with Crippen LogP contribution in [0.3, 0.4) is 0 Å². The third kappa shape index (κ3) is 41.4. The first kappa shape index (κ1) is 64.9. The summed E-state index contributed by atoms with van der Waals surface area (Å²) >= 11 is 0. The number of ketones is 2. The molecule has 0 radical (unpaired) electrons. The van der Waals surface area contributed by atoms with Gasteiger partial charge in [-0.2, -0.15) is 0 Å². The van der Waals surface area contributed by atoms with Gasteiger partial charge in [-0.15, -0.1) is 0 Å². The van der Waals surface area contributed by atoms with Crippen molar-refractivity contribution in [1.82, 2.24) is 21.3 Å². The number of nitrogens with two attached hydrogens (primary N) is 1. The number of nitrogens with one attached hydrogen (secondary N) is 4. The predicted octanol–water partition coefficient (Wildman–Crippen LogP) is 3.90. The molecule has 0 aliphatic carbocycles. The lowest BCUT2D eigenvalue weighted by molar-refractivity contribution is -0.142. The molecule has 0 fully saturated rings. The molecule has 20 heteroatoms.